The molecule has 0 fully saturated rings. The summed E-state index contributed by atoms with van der Waals surface area (Å²) in [5.41, 5.74) is 5.06. The number of ether oxygens (including phenoxy) is 3. The van der Waals surface area contributed by atoms with Crippen LogP contribution in [-0.4, -0.2) is 31.5 Å². The lowest BCUT2D eigenvalue weighted by molar-refractivity contribution is -0.276. The SMILES string of the molecule is COC(=O)c1c(OC(F)(F)F)ncc(CN)c1OC. The number of pyridine rings is 1. The Hall–Kier alpha value is -2.03. The average molecular weight is 280 g/mol. The molecule has 0 saturated carbocycles. The van der Waals surface area contributed by atoms with Gasteiger partial charge in [-0.2, -0.15) is 0 Å². The summed E-state index contributed by atoms with van der Waals surface area (Å²) in [6, 6.07) is 0. The van der Waals surface area contributed by atoms with Gasteiger partial charge in [0.25, 0.3) is 0 Å². The summed E-state index contributed by atoms with van der Waals surface area (Å²) in [4.78, 5) is 14.9. The van der Waals surface area contributed by atoms with Crippen molar-refractivity contribution < 1.29 is 32.2 Å². The molecule has 1 aromatic heterocycles. The van der Waals surface area contributed by atoms with Gasteiger partial charge in [0.2, 0.25) is 5.88 Å². The topological polar surface area (TPSA) is 83.7 Å². The Morgan fingerprint density at radius 1 is 1.42 bits per heavy atom. The molecule has 0 unspecified atom stereocenters. The van der Waals surface area contributed by atoms with Gasteiger partial charge >= 0.3 is 12.3 Å². The number of nitrogens with two attached hydrogens (primary N) is 1. The van der Waals surface area contributed by atoms with Gasteiger partial charge in [-0.3, -0.25) is 0 Å². The van der Waals surface area contributed by atoms with Gasteiger partial charge in [-0.05, 0) is 0 Å². The van der Waals surface area contributed by atoms with Crippen LogP contribution in [-0.2, 0) is 11.3 Å². The first-order chi connectivity index (χ1) is 8.84. The maximum atomic E-state index is 12.2. The Labute approximate surface area is 106 Å². The Morgan fingerprint density at radius 2 is 2.05 bits per heavy atom. The number of alkyl halides is 3. The second-order valence-electron chi connectivity index (χ2n) is 3.24. The molecule has 0 atom stereocenters. The van der Waals surface area contributed by atoms with Crippen molar-refractivity contribution in [3.63, 3.8) is 0 Å². The molecule has 0 aliphatic carbocycles. The van der Waals surface area contributed by atoms with Crippen molar-refractivity contribution >= 4 is 5.97 Å². The fourth-order valence-corrected chi connectivity index (χ4v) is 1.37. The Kier molecular flexibility index (Phi) is 4.54. The van der Waals surface area contributed by atoms with Crippen LogP contribution >= 0.6 is 0 Å². The van der Waals surface area contributed by atoms with Crippen molar-refractivity contribution in [2.24, 2.45) is 5.73 Å². The third kappa shape index (κ3) is 3.47. The van der Waals surface area contributed by atoms with E-state index < -0.39 is 23.8 Å². The fourth-order valence-electron chi connectivity index (χ4n) is 1.37. The van der Waals surface area contributed by atoms with Gasteiger partial charge in [0.15, 0.2) is 5.56 Å². The van der Waals surface area contributed by atoms with E-state index in [1.54, 1.807) is 0 Å². The number of methoxy groups -OCH3 is 2. The van der Waals surface area contributed by atoms with Gasteiger partial charge in [-0.25, -0.2) is 9.78 Å². The number of esters is 1. The van der Waals surface area contributed by atoms with Gasteiger partial charge < -0.3 is 19.9 Å². The van der Waals surface area contributed by atoms with Gasteiger partial charge in [-0.15, -0.1) is 13.2 Å². The lowest BCUT2D eigenvalue weighted by Gasteiger charge is -2.15. The highest BCUT2D eigenvalue weighted by atomic mass is 19.4. The first kappa shape index (κ1) is 15.0. The number of rotatable bonds is 4. The maximum absolute atomic E-state index is 12.2. The van der Waals surface area contributed by atoms with Crippen molar-refractivity contribution in [3.8, 4) is 11.6 Å². The third-order valence-electron chi connectivity index (χ3n) is 2.10. The molecule has 1 aromatic rings. The first-order valence-corrected chi connectivity index (χ1v) is 4.94. The van der Waals surface area contributed by atoms with E-state index in [2.05, 4.69) is 14.5 Å². The minimum absolute atomic E-state index is 0.0769. The zero-order chi connectivity index (χ0) is 14.6. The van der Waals surface area contributed by atoms with Gasteiger partial charge in [0.1, 0.15) is 5.75 Å². The van der Waals surface area contributed by atoms with Crippen LogP contribution in [0.2, 0.25) is 0 Å². The Morgan fingerprint density at radius 3 is 2.47 bits per heavy atom. The van der Waals surface area contributed by atoms with Crippen molar-refractivity contribution in [1.29, 1.82) is 0 Å². The van der Waals surface area contributed by atoms with E-state index in [-0.39, 0.29) is 17.9 Å². The summed E-state index contributed by atoms with van der Waals surface area (Å²) >= 11 is 0. The van der Waals surface area contributed by atoms with Gasteiger partial charge in [0, 0.05) is 18.3 Å². The van der Waals surface area contributed by atoms with Crippen LogP contribution in [0, 0.1) is 0 Å². The maximum Gasteiger partial charge on any atom is 0.574 e. The highest BCUT2D eigenvalue weighted by Gasteiger charge is 2.35. The highest BCUT2D eigenvalue weighted by molar-refractivity contribution is 5.95. The molecule has 0 radical (unpaired) electrons. The van der Waals surface area contributed by atoms with Crippen LogP contribution in [0.5, 0.6) is 11.6 Å². The molecule has 1 heterocycles. The zero-order valence-corrected chi connectivity index (χ0v) is 10.1. The predicted molar refractivity (Wildman–Crippen MR) is 56.7 cm³/mol. The van der Waals surface area contributed by atoms with Crippen molar-refractivity contribution in [2.45, 2.75) is 12.9 Å². The average Bonchev–Trinajstić information content (AvgIpc) is 2.35. The summed E-state index contributed by atoms with van der Waals surface area (Å²) < 4.78 is 49.6. The summed E-state index contributed by atoms with van der Waals surface area (Å²) in [6.07, 6.45) is -3.96. The van der Waals surface area contributed by atoms with E-state index in [1.165, 1.54) is 7.11 Å². The molecule has 0 aromatic carbocycles. The molecule has 0 amide bonds. The molecule has 0 aliphatic rings. The van der Waals surface area contributed by atoms with E-state index in [9.17, 15) is 18.0 Å². The van der Waals surface area contributed by atoms with Crippen LogP contribution < -0.4 is 15.2 Å². The first-order valence-electron chi connectivity index (χ1n) is 4.94. The molecule has 0 saturated heterocycles. The quantitative estimate of drug-likeness (QED) is 0.835. The van der Waals surface area contributed by atoms with E-state index in [0.717, 1.165) is 13.3 Å². The normalized spacial score (nSPS) is 11.1. The van der Waals surface area contributed by atoms with Crippen molar-refractivity contribution in [2.75, 3.05) is 14.2 Å². The van der Waals surface area contributed by atoms with E-state index in [4.69, 9.17) is 10.5 Å². The second-order valence-corrected chi connectivity index (χ2v) is 3.24. The van der Waals surface area contributed by atoms with Crippen LogP contribution in [0.25, 0.3) is 0 Å². The fraction of sp³-hybridized carbons (Fsp3) is 0.400. The summed E-state index contributed by atoms with van der Waals surface area (Å²) in [5, 5.41) is 0. The van der Waals surface area contributed by atoms with Crippen molar-refractivity contribution in [3.05, 3.63) is 17.3 Å². The second kappa shape index (κ2) is 5.74. The molecule has 9 heteroatoms. The summed E-state index contributed by atoms with van der Waals surface area (Å²) in [7, 11) is 2.19. The van der Waals surface area contributed by atoms with Gasteiger partial charge in [-0.1, -0.05) is 0 Å². The lowest BCUT2D eigenvalue weighted by Crippen LogP contribution is -2.21. The lowest BCUT2D eigenvalue weighted by atomic mass is 10.1. The number of nitrogens with zero attached hydrogens (tertiary/aromatic N) is 1. The smallest absolute Gasteiger partial charge is 0.495 e. The highest BCUT2D eigenvalue weighted by Crippen LogP contribution is 2.33. The minimum Gasteiger partial charge on any atom is -0.495 e. The number of carbonyl (C=O) groups excluding carboxylic acids is 1. The third-order valence-corrected chi connectivity index (χ3v) is 2.10. The van der Waals surface area contributed by atoms with Crippen molar-refractivity contribution in [1.82, 2.24) is 4.98 Å². The number of hydrogen-bond donors (Lipinski definition) is 1. The van der Waals surface area contributed by atoms with Crippen LogP contribution in [0.1, 0.15) is 15.9 Å². The largest absolute Gasteiger partial charge is 0.574 e. The Bertz CT molecular complexity index is 477. The van der Waals surface area contributed by atoms with E-state index >= 15 is 0 Å². The Balaban J connectivity index is 3.42. The minimum atomic E-state index is -5.00. The van der Waals surface area contributed by atoms with E-state index in [1.807, 2.05) is 0 Å². The number of carbonyl (C=O) groups is 1. The molecule has 2 N–H and O–H groups in total. The molecule has 19 heavy (non-hydrogen) atoms. The molecule has 0 bridgehead atoms. The molecule has 6 nitrogen and oxygen atoms in total. The van der Waals surface area contributed by atoms with Gasteiger partial charge in [0.05, 0.1) is 14.2 Å². The monoisotopic (exact) mass is 280 g/mol. The van der Waals surface area contributed by atoms with Crippen LogP contribution in [0.3, 0.4) is 0 Å². The molecule has 0 spiro atoms. The van der Waals surface area contributed by atoms with Crippen LogP contribution in [0.15, 0.2) is 6.20 Å². The summed E-state index contributed by atoms with van der Waals surface area (Å²) in [5.74, 6) is -2.18. The predicted octanol–water partition coefficient (Wildman–Crippen LogP) is 1.23. The molecule has 1 rings (SSSR count). The van der Waals surface area contributed by atoms with Crippen LogP contribution in [0.4, 0.5) is 13.2 Å². The van der Waals surface area contributed by atoms with E-state index in [0.29, 0.717) is 0 Å². The molecular weight excluding hydrogens is 269 g/mol. The molecule has 0 aliphatic heterocycles. The number of halogens is 3. The molecular formula is C10H11F3N2O4. The standard InChI is InChI=1S/C10H11F3N2O4/c1-17-7-5(3-14)4-15-8(19-10(11,12)13)6(7)9(16)18-2/h4H,3,14H2,1-2H3. The zero-order valence-electron chi connectivity index (χ0n) is 10.1. The molecule has 106 valence electrons. The number of aromatic nitrogens is 1. The number of hydrogen-bond acceptors (Lipinski definition) is 6. The summed E-state index contributed by atoms with van der Waals surface area (Å²) in [6.45, 7) is -0.0769.